The van der Waals surface area contributed by atoms with Gasteiger partial charge >= 0.3 is 0 Å². The molecule has 2 rings (SSSR count). The molecule has 0 saturated heterocycles. The Balaban J connectivity index is 2.46. The van der Waals surface area contributed by atoms with Crippen molar-refractivity contribution in [2.24, 2.45) is 0 Å². The van der Waals surface area contributed by atoms with Gasteiger partial charge in [0.15, 0.2) is 0 Å². The number of benzene rings is 2. The van der Waals surface area contributed by atoms with Gasteiger partial charge in [-0.25, -0.2) is 8.42 Å². The Labute approximate surface area is 123 Å². The van der Waals surface area contributed by atoms with Crippen LogP contribution in [0.1, 0.15) is 11.1 Å². The highest BCUT2D eigenvalue weighted by molar-refractivity contribution is 7.93. The molecular weight excluding hydrogens is 296 g/mol. The quantitative estimate of drug-likeness (QED) is 0.854. The summed E-state index contributed by atoms with van der Waals surface area (Å²) >= 11 is 5.86. The molecule has 0 radical (unpaired) electrons. The van der Waals surface area contributed by atoms with Crippen LogP contribution in [-0.4, -0.2) is 8.42 Å². The first-order valence-electron chi connectivity index (χ1n) is 5.95. The summed E-state index contributed by atoms with van der Waals surface area (Å²) in [5, 5.41) is 0.556. The van der Waals surface area contributed by atoms with Gasteiger partial charge in [-0.3, -0.25) is 4.72 Å². The topological polar surface area (TPSA) is 72.2 Å². The lowest BCUT2D eigenvalue weighted by Gasteiger charge is -2.14. The fourth-order valence-electron chi connectivity index (χ4n) is 1.98. The molecule has 4 nitrogen and oxygen atoms in total. The maximum absolute atomic E-state index is 12.5. The maximum atomic E-state index is 12.5. The van der Waals surface area contributed by atoms with Crippen LogP contribution in [0.4, 0.5) is 11.4 Å². The third-order valence-corrected chi connectivity index (χ3v) is 4.76. The van der Waals surface area contributed by atoms with E-state index in [2.05, 4.69) is 4.72 Å². The maximum Gasteiger partial charge on any atom is 0.264 e. The highest BCUT2D eigenvalue weighted by atomic mass is 35.5. The Kier molecular flexibility index (Phi) is 3.92. The van der Waals surface area contributed by atoms with Crippen molar-refractivity contribution in [3.8, 4) is 0 Å². The Hall–Kier alpha value is -1.72. The minimum Gasteiger partial charge on any atom is -0.398 e. The zero-order valence-corrected chi connectivity index (χ0v) is 12.7. The van der Waals surface area contributed by atoms with Gasteiger partial charge < -0.3 is 5.73 Å². The molecule has 3 N–H and O–H groups in total. The smallest absolute Gasteiger partial charge is 0.264 e. The molecule has 0 heterocycles. The highest BCUT2D eigenvalue weighted by Gasteiger charge is 2.20. The van der Waals surface area contributed by atoms with E-state index in [9.17, 15) is 8.42 Å². The normalized spacial score (nSPS) is 11.3. The fraction of sp³-hybridized carbons (Fsp3) is 0.143. The molecule has 0 aliphatic heterocycles. The summed E-state index contributed by atoms with van der Waals surface area (Å²) < 4.78 is 27.5. The van der Waals surface area contributed by atoms with E-state index in [0.717, 1.165) is 5.56 Å². The monoisotopic (exact) mass is 310 g/mol. The Morgan fingerprint density at radius 3 is 2.40 bits per heavy atom. The number of nitrogen functional groups attached to an aromatic ring is 1. The molecule has 0 atom stereocenters. The Bertz CT molecular complexity index is 738. The third-order valence-electron chi connectivity index (χ3n) is 2.94. The second-order valence-corrected chi connectivity index (χ2v) is 6.61. The van der Waals surface area contributed by atoms with Gasteiger partial charge in [0, 0.05) is 5.02 Å². The van der Waals surface area contributed by atoms with Crippen LogP contribution in [0.5, 0.6) is 0 Å². The van der Waals surface area contributed by atoms with Crippen molar-refractivity contribution in [1.82, 2.24) is 0 Å². The van der Waals surface area contributed by atoms with Crippen LogP contribution in [0.2, 0.25) is 5.02 Å². The first kappa shape index (κ1) is 14.7. The van der Waals surface area contributed by atoms with E-state index in [4.69, 9.17) is 17.3 Å². The van der Waals surface area contributed by atoms with E-state index < -0.39 is 10.0 Å². The van der Waals surface area contributed by atoms with E-state index in [1.165, 1.54) is 0 Å². The lowest BCUT2D eigenvalue weighted by Crippen LogP contribution is -2.16. The molecule has 0 aliphatic rings. The van der Waals surface area contributed by atoms with Crippen molar-refractivity contribution in [3.05, 3.63) is 52.5 Å². The summed E-state index contributed by atoms with van der Waals surface area (Å²) in [6, 6.07) is 9.95. The number of aryl methyl sites for hydroxylation is 2. The number of hydrogen-bond acceptors (Lipinski definition) is 3. The third kappa shape index (κ3) is 2.89. The van der Waals surface area contributed by atoms with Crippen LogP contribution < -0.4 is 10.5 Å². The van der Waals surface area contributed by atoms with E-state index in [-0.39, 0.29) is 10.6 Å². The standard InChI is InChI=1S/C14H15ClN2O2S/c1-9-4-3-5-12(16)14(9)20(18,19)17-13-7-6-11(15)8-10(13)2/h3-8,17H,16H2,1-2H3. The van der Waals surface area contributed by atoms with Gasteiger partial charge in [0.1, 0.15) is 4.90 Å². The second kappa shape index (κ2) is 5.34. The van der Waals surface area contributed by atoms with Crippen LogP contribution in [0.25, 0.3) is 0 Å². The van der Waals surface area contributed by atoms with Crippen LogP contribution in [0, 0.1) is 13.8 Å². The molecule has 0 fully saturated rings. The van der Waals surface area contributed by atoms with E-state index in [1.807, 2.05) is 0 Å². The van der Waals surface area contributed by atoms with Gasteiger partial charge in [0.25, 0.3) is 10.0 Å². The van der Waals surface area contributed by atoms with Crippen molar-refractivity contribution in [2.75, 3.05) is 10.5 Å². The summed E-state index contributed by atoms with van der Waals surface area (Å²) in [7, 11) is -3.73. The molecule has 6 heteroatoms. The molecule has 2 aromatic rings. The zero-order valence-electron chi connectivity index (χ0n) is 11.1. The SMILES string of the molecule is Cc1cc(Cl)ccc1NS(=O)(=O)c1c(C)cccc1N. The van der Waals surface area contributed by atoms with Crippen LogP contribution in [-0.2, 0) is 10.0 Å². The summed E-state index contributed by atoms with van der Waals surface area (Å²) in [6.45, 7) is 3.49. The Morgan fingerprint density at radius 1 is 1.10 bits per heavy atom. The minimum absolute atomic E-state index is 0.106. The summed E-state index contributed by atoms with van der Waals surface area (Å²) in [5.74, 6) is 0. The van der Waals surface area contributed by atoms with Crippen LogP contribution >= 0.6 is 11.6 Å². The largest absolute Gasteiger partial charge is 0.398 e. The lowest BCUT2D eigenvalue weighted by atomic mass is 10.2. The number of anilines is 2. The van der Waals surface area contributed by atoms with Gasteiger partial charge in [-0.2, -0.15) is 0 Å². The summed E-state index contributed by atoms with van der Waals surface area (Å²) in [4.78, 5) is 0.106. The van der Waals surface area contributed by atoms with Crippen molar-refractivity contribution >= 4 is 33.0 Å². The van der Waals surface area contributed by atoms with Gasteiger partial charge in [-0.05, 0) is 49.2 Å². The van der Waals surface area contributed by atoms with E-state index in [0.29, 0.717) is 16.3 Å². The summed E-state index contributed by atoms with van der Waals surface area (Å²) in [5.41, 5.74) is 7.84. The van der Waals surface area contributed by atoms with Crippen molar-refractivity contribution < 1.29 is 8.42 Å². The van der Waals surface area contributed by atoms with E-state index in [1.54, 1.807) is 50.2 Å². The first-order valence-corrected chi connectivity index (χ1v) is 7.81. The van der Waals surface area contributed by atoms with Gasteiger partial charge in [0.2, 0.25) is 0 Å². The predicted molar refractivity (Wildman–Crippen MR) is 82.6 cm³/mol. The molecule has 0 saturated carbocycles. The molecule has 0 aromatic heterocycles. The molecule has 2 aromatic carbocycles. The molecular formula is C14H15ClN2O2S. The van der Waals surface area contributed by atoms with Gasteiger partial charge in [-0.1, -0.05) is 23.7 Å². The average molecular weight is 311 g/mol. The van der Waals surface area contributed by atoms with Crippen molar-refractivity contribution in [2.45, 2.75) is 18.7 Å². The number of sulfonamides is 1. The number of nitrogens with one attached hydrogen (secondary N) is 1. The molecule has 0 aliphatic carbocycles. The van der Waals surface area contributed by atoms with E-state index >= 15 is 0 Å². The molecule has 20 heavy (non-hydrogen) atoms. The van der Waals surface area contributed by atoms with Crippen molar-refractivity contribution in [1.29, 1.82) is 0 Å². The molecule has 106 valence electrons. The molecule has 0 unspecified atom stereocenters. The van der Waals surface area contributed by atoms with Crippen molar-refractivity contribution in [3.63, 3.8) is 0 Å². The van der Waals surface area contributed by atoms with Crippen LogP contribution in [0.3, 0.4) is 0 Å². The number of halogens is 1. The number of rotatable bonds is 3. The first-order chi connectivity index (χ1) is 9.31. The summed E-state index contributed by atoms with van der Waals surface area (Å²) in [6.07, 6.45) is 0. The molecule has 0 bridgehead atoms. The Morgan fingerprint density at radius 2 is 1.80 bits per heavy atom. The fourth-order valence-corrected chi connectivity index (χ4v) is 3.70. The number of hydrogen-bond donors (Lipinski definition) is 2. The van der Waals surface area contributed by atoms with Crippen LogP contribution in [0.15, 0.2) is 41.3 Å². The van der Waals surface area contributed by atoms with Gasteiger partial charge in [0.05, 0.1) is 11.4 Å². The zero-order chi connectivity index (χ0) is 14.9. The minimum atomic E-state index is -3.73. The highest BCUT2D eigenvalue weighted by Crippen LogP contribution is 2.27. The average Bonchev–Trinajstić information content (AvgIpc) is 2.32. The molecule has 0 amide bonds. The van der Waals surface area contributed by atoms with Gasteiger partial charge in [-0.15, -0.1) is 0 Å². The lowest BCUT2D eigenvalue weighted by molar-refractivity contribution is 0.601. The molecule has 0 spiro atoms. The predicted octanol–water partition coefficient (Wildman–Crippen LogP) is 3.34. The second-order valence-electron chi connectivity index (χ2n) is 4.56. The number of nitrogens with two attached hydrogens (primary N) is 1.